The van der Waals surface area contributed by atoms with Crippen molar-refractivity contribution < 1.29 is 19.5 Å². The van der Waals surface area contributed by atoms with Gasteiger partial charge in [0.2, 0.25) is 0 Å². The highest BCUT2D eigenvalue weighted by atomic mass is 35.5. The van der Waals surface area contributed by atoms with E-state index in [1.807, 2.05) is 36.2 Å². The molecule has 0 spiro atoms. The minimum atomic E-state index is -1.27. The summed E-state index contributed by atoms with van der Waals surface area (Å²) in [4.78, 5) is 40.1. The SMILES string of the molecule is CN1CCc2ccc(N(C)CCc3c(C(=O)O)nn(-c4cc(Cl)cc(C#N)c4)c3C=O)cc2C1=O. The van der Waals surface area contributed by atoms with Crippen LogP contribution in [0.15, 0.2) is 36.4 Å². The van der Waals surface area contributed by atoms with E-state index in [1.165, 1.54) is 22.9 Å². The van der Waals surface area contributed by atoms with Gasteiger partial charge >= 0.3 is 5.97 Å². The summed E-state index contributed by atoms with van der Waals surface area (Å²) >= 11 is 6.09. The third-order valence-electron chi connectivity index (χ3n) is 6.12. The summed E-state index contributed by atoms with van der Waals surface area (Å²) in [6.45, 7) is 1.05. The molecule has 0 saturated heterocycles. The fraction of sp³-hybridized carbons (Fsp3) is 0.240. The van der Waals surface area contributed by atoms with Crippen molar-refractivity contribution in [3.05, 3.63) is 75.1 Å². The molecule has 1 aliphatic heterocycles. The van der Waals surface area contributed by atoms with Crippen LogP contribution in [0.2, 0.25) is 5.02 Å². The number of carboxylic acids is 1. The third-order valence-corrected chi connectivity index (χ3v) is 6.34. The Morgan fingerprint density at radius 3 is 2.77 bits per heavy atom. The van der Waals surface area contributed by atoms with Gasteiger partial charge in [0, 0.05) is 49.0 Å². The van der Waals surface area contributed by atoms with E-state index >= 15 is 0 Å². The first-order valence-electron chi connectivity index (χ1n) is 10.8. The van der Waals surface area contributed by atoms with E-state index in [2.05, 4.69) is 5.10 Å². The van der Waals surface area contributed by atoms with Crippen LogP contribution in [0.5, 0.6) is 0 Å². The molecular formula is C25H22ClN5O4. The third kappa shape index (κ3) is 4.61. The zero-order chi connectivity index (χ0) is 25.3. The lowest BCUT2D eigenvalue weighted by molar-refractivity contribution is 0.0688. The number of carbonyl (C=O) groups excluding carboxylic acids is 2. The number of carbonyl (C=O) groups is 3. The van der Waals surface area contributed by atoms with Crippen molar-refractivity contribution in [2.24, 2.45) is 0 Å². The molecule has 9 nitrogen and oxygen atoms in total. The molecule has 2 heterocycles. The zero-order valence-corrected chi connectivity index (χ0v) is 19.9. The number of halogens is 1. The standard InChI is InChI=1S/C25H22ClN5O4/c1-29(18-4-3-16-5-7-30(2)24(33)21(16)12-18)8-6-20-22(14-32)31(28-23(20)25(34)35)19-10-15(13-27)9-17(26)11-19/h3-4,9-12,14H,5-8H2,1-2H3,(H,34,35). The summed E-state index contributed by atoms with van der Waals surface area (Å²) in [6, 6.07) is 12.1. The number of fused-ring (bicyclic) bond motifs is 1. The lowest BCUT2D eigenvalue weighted by Crippen LogP contribution is -2.34. The molecule has 0 unspecified atom stereocenters. The Morgan fingerprint density at radius 1 is 1.31 bits per heavy atom. The van der Waals surface area contributed by atoms with Gasteiger partial charge in [-0.15, -0.1) is 0 Å². The summed E-state index contributed by atoms with van der Waals surface area (Å²) in [5.41, 5.74) is 3.13. The number of likely N-dealkylation sites (N-methyl/N-ethyl adjacent to an activating group) is 2. The van der Waals surface area contributed by atoms with Crippen LogP contribution in [0.4, 0.5) is 5.69 Å². The van der Waals surface area contributed by atoms with E-state index in [9.17, 15) is 24.8 Å². The van der Waals surface area contributed by atoms with Crippen molar-refractivity contribution in [1.82, 2.24) is 14.7 Å². The number of aromatic nitrogens is 2. The fourth-order valence-electron chi connectivity index (χ4n) is 4.18. The van der Waals surface area contributed by atoms with E-state index in [0.29, 0.717) is 30.6 Å². The molecule has 0 bridgehead atoms. The number of anilines is 1. The van der Waals surface area contributed by atoms with Gasteiger partial charge in [0.05, 0.1) is 17.3 Å². The maximum absolute atomic E-state index is 12.5. The Labute approximate surface area is 206 Å². The topological polar surface area (TPSA) is 120 Å². The number of aldehydes is 1. The lowest BCUT2D eigenvalue weighted by atomic mass is 9.98. The highest BCUT2D eigenvalue weighted by Crippen LogP contribution is 2.26. The molecule has 3 aromatic rings. The van der Waals surface area contributed by atoms with Crippen LogP contribution in [-0.4, -0.2) is 65.1 Å². The highest BCUT2D eigenvalue weighted by Gasteiger charge is 2.25. The molecule has 2 aromatic carbocycles. The number of hydrogen-bond acceptors (Lipinski definition) is 6. The predicted molar refractivity (Wildman–Crippen MR) is 130 cm³/mol. The van der Waals surface area contributed by atoms with Crippen molar-refractivity contribution >= 4 is 35.5 Å². The van der Waals surface area contributed by atoms with Gasteiger partial charge in [0.25, 0.3) is 5.91 Å². The van der Waals surface area contributed by atoms with Gasteiger partial charge in [0.1, 0.15) is 5.69 Å². The number of amides is 1. The smallest absolute Gasteiger partial charge is 0.356 e. The van der Waals surface area contributed by atoms with E-state index in [-0.39, 0.29) is 39.9 Å². The molecular weight excluding hydrogens is 470 g/mol. The highest BCUT2D eigenvalue weighted by molar-refractivity contribution is 6.30. The molecule has 178 valence electrons. The average molecular weight is 492 g/mol. The predicted octanol–water partition coefficient (Wildman–Crippen LogP) is 3.22. The molecule has 35 heavy (non-hydrogen) atoms. The first-order chi connectivity index (χ1) is 16.7. The number of carboxylic acid groups (broad SMARTS) is 1. The van der Waals surface area contributed by atoms with Crippen molar-refractivity contribution in [1.29, 1.82) is 5.26 Å². The van der Waals surface area contributed by atoms with Crippen LogP contribution in [-0.2, 0) is 12.8 Å². The summed E-state index contributed by atoms with van der Waals surface area (Å²) in [7, 11) is 3.60. The van der Waals surface area contributed by atoms with Crippen LogP contribution >= 0.6 is 11.6 Å². The van der Waals surface area contributed by atoms with E-state index < -0.39 is 5.97 Å². The minimum absolute atomic E-state index is 0.0301. The van der Waals surface area contributed by atoms with Crippen LogP contribution < -0.4 is 4.90 Å². The van der Waals surface area contributed by atoms with E-state index in [1.54, 1.807) is 11.9 Å². The van der Waals surface area contributed by atoms with E-state index in [4.69, 9.17) is 11.6 Å². The fourth-order valence-corrected chi connectivity index (χ4v) is 4.41. The average Bonchev–Trinajstić information content (AvgIpc) is 3.23. The molecule has 0 aliphatic carbocycles. The Balaban J connectivity index is 1.65. The second-order valence-corrected chi connectivity index (χ2v) is 8.78. The number of nitriles is 1. The molecule has 0 radical (unpaired) electrons. The van der Waals surface area contributed by atoms with Crippen molar-refractivity contribution in [3.63, 3.8) is 0 Å². The molecule has 4 rings (SSSR count). The Bertz CT molecular complexity index is 1390. The van der Waals surface area contributed by atoms with Gasteiger partial charge in [0.15, 0.2) is 12.0 Å². The second kappa shape index (κ2) is 9.60. The van der Waals surface area contributed by atoms with Gasteiger partial charge in [-0.1, -0.05) is 17.7 Å². The van der Waals surface area contributed by atoms with Crippen LogP contribution in [0.3, 0.4) is 0 Å². The van der Waals surface area contributed by atoms with E-state index in [0.717, 1.165) is 17.7 Å². The quantitative estimate of drug-likeness (QED) is 0.504. The number of aromatic carboxylic acids is 1. The molecule has 10 heteroatoms. The van der Waals surface area contributed by atoms with Gasteiger partial charge in [-0.05, 0) is 48.7 Å². The Hall–Kier alpha value is -4.16. The number of benzene rings is 2. The zero-order valence-electron chi connectivity index (χ0n) is 19.2. The van der Waals surface area contributed by atoms with Gasteiger partial charge in [-0.3, -0.25) is 9.59 Å². The Morgan fingerprint density at radius 2 is 2.09 bits per heavy atom. The Kier molecular flexibility index (Phi) is 6.58. The summed E-state index contributed by atoms with van der Waals surface area (Å²) in [6.07, 6.45) is 1.56. The van der Waals surface area contributed by atoms with Crippen LogP contribution in [0.25, 0.3) is 5.69 Å². The van der Waals surface area contributed by atoms with Gasteiger partial charge in [-0.2, -0.15) is 10.4 Å². The monoisotopic (exact) mass is 491 g/mol. The molecule has 1 amide bonds. The lowest BCUT2D eigenvalue weighted by Gasteiger charge is -2.27. The molecule has 0 saturated carbocycles. The molecule has 0 fully saturated rings. The van der Waals surface area contributed by atoms with Crippen molar-refractivity contribution in [2.75, 3.05) is 32.1 Å². The van der Waals surface area contributed by atoms with Crippen LogP contribution in [0.1, 0.15) is 48.0 Å². The van der Waals surface area contributed by atoms with Crippen LogP contribution in [0, 0.1) is 11.3 Å². The number of hydrogen-bond donors (Lipinski definition) is 1. The molecule has 1 N–H and O–H groups in total. The minimum Gasteiger partial charge on any atom is -0.476 e. The normalized spacial score (nSPS) is 12.7. The van der Waals surface area contributed by atoms with Gasteiger partial charge < -0.3 is 14.9 Å². The molecule has 1 aromatic heterocycles. The first-order valence-corrected chi connectivity index (χ1v) is 11.2. The molecule has 1 aliphatic rings. The first kappa shape index (κ1) is 24.0. The van der Waals surface area contributed by atoms with Gasteiger partial charge in [-0.25, -0.2) is 9.48 Å². The van der Waals surface area contributed by atoms with Crippen molar-refractivity contribution in [3.8, 4) is 11.8 Å². The second-order valence-electron chi connectivity index (χ2n) is 8.35. The molecule has 0 atom stereocenters. The summed E-state index contributed by atoms with van der Waals surface area (Å²) in [5, 5.41) is 23.4. The maximum Gasteiger partial charge on any atom is 0.356 e. The summed E-state index contributed by atoms with van der Waals surface area (Å²) < 4.78 is 1.20. The summed E-state index contributed by atoms with van der Waals surface area (Å²) in [5.74, 6) is -1.30. The van der Waals surface area contributed by atoms with Crippen molar-refractivity contribution in [2.45, 2.75) is 12.8 Å². The maximum atomic E-state index is 12.5. The largest absolute Gasteiger partial charge is 0.476 e. The number of nitrogens with zero attached hydrogens (tertiary/aromatic N) is 5. The number of rotatable bonds is 7.